The molecule has 0 fully saturated rings. The maximum Gasteiger partial charge on any atom is 0.253 e. The number of hydrogen-bond donors (Lipinski definition) is 1. The maximum absolute atomic E-state index is 12.1. The number of carbonyl (C=O) groups is 1. The van der Waals surface area contributed by atoms with Crippen LogP contribution in [-0.4, -0.2) is 31.5 Å². The Morgan fingerprint density at radius 1 is 1.35 bits per heavy atom. The van der Waals surface area contributed by atoms with E-state index in [4.69, 9.17) is 0 Å². The summed E-state index contributed by atoms with van der Waals surface area (Å²) in [6, 6.07) is 4.08. The van der Waals surface area contributed by atoms with Gasteiger partial charge in [0.2, 0.25) is 5.91 Å². The summed E-state index contributed by atoms with van der Waals surface area (Å²) in [4.78, 5) is 22.1. The first-order valence-electron chi connectivity index (χ1n) is 7.52. The zero-order valence-electron chi connectivity index (χ0n) is 13.6. The van der Waals surface area contributed by atoms with Gasteiger partial charge in [0, 0.05) is 23.0 Å². The van der Waals surface area contributed by atoms with Gasteiger partial charge in [-0.3, -0.25) is 4.79 Å². The Labute approximate surface area is 138 Å². The highest BCUT2D eigenvalue weighted by molar-refractivity contribution is 7.13. The van der Waals surface area contributed by atoms with E-state index in [0.29, 0.717) is 18.0 Å². The SMILES string of the molecule is Cc1nc2nc(-c3cccs3)nn2c(C)c1CC(=O)NC(C)C. The van der Waals surface area contributed by atoms with Crippen molar-refractivity contribution in [2.24, 2.45) is 0 Å². The number of nitrogens with zero attached hydrogens (tertiary/aromatic N) is 4. The Morgan fingerprint density at radius 3 is 2.78 bits per heavy atom. The molecule has 0 aliphatic carbocycles. The quantitative estimate of drug-likeness (QED) is 0.798. The number of carbonyl (C=O) groups excluding carboxylic acids is 1. The molecule has 1 amide bonds. The van der Waals surface area contributed by atoms with Crippen LogP contribution in [0.15, 0.2) is 17.5 Å². The predicted molar refractivity (Wildman–Crippen MR) is 90.6 cm³/mol. The maximum atomic E-state index is 12.1. The molecule has 0 unspecified atom stereocenters. The van der Waals surface area contributed by atoms with Crippen molar-refractivity contribution in [3.05, 3.63) is 34.5 Å². The molecule has 3 heterocycles. The second-order valence-electron chi connectivity index (χ2n) is 5.78. The average Bonchev–Trinajstić information content (AvgIpc) is 3.10. The Bertz CT molecular complexity index is 851. The molecule has 0 saturated heterocycles. The second kappa shape index (κ2) is 6.08. The Balaban J connectivity index is 2.01. The molecule has 3 rings (SSSR count). The molecule has 0 atom stereocenters. The minimum Gasteiger partial charge on any atom is -0.354 e. The van der Waals surface area contributed by atoms with Crippen LogP contribution in [-0.2, 0) is 11.2 Å². The molecule has 3 aromatic heterocycles. The smallest absolute Gasteiger partial charge is 0.253 e. The first-order chi connectivity index (χ1) is 11.0. The summed E-state index contributed by atoms with van der Waals surface area (Å²) in [6.45, 7) is 7.75. The summed E-state index contributed by atoms with van der Waals surface area (Å²) in [7, 11) is 0. The van der Waals surface area contributed by atoms with E-state index in [-0.39, 0.29) is 11.9 Å². The number of thiophene rings is 1. The Morgan fingerprint density at radius 2 is 2.13 bits per heavy atom. The van der Waals surface area contributed by atoms with Gasteiger partial charge in [-0.25, -0.2) is 9.50 Å². The van der Waals surface area contributed by atoms with Gasteiger partial charge in [-0.05, 0) is 39.1 Å². The Kier molecular flexibility index (Phi) is 4.12. The molecule has 7 heteroatoms. The van der Waals surface area contributed by atoms with E-state index < -0.39 is 0 Å². The molecule has 3 aromatic rings. The minimum atomic E-state index is -0.00838. The van der Waals surface area contributed by atoms with Crippen molar-refractivity contribution in [1.82, 2.24) is 24.9 Å². The molecule has 0 aliphatic rings. The molecular weight excluding hydrogens is 310 g/mol. The second-order valence-corrected chi connectivity index (χ2v) is 6.73. The molecule has 120 valence electrons. The molecule has 0 aromatic carbocycles. The summed E-state index contributed by atoms with van der Waals surface area (Å²) in [6.07, 6.45) is 0.299. The highest BCUT2D eigenvalue weighted by Gasteiger charge is 2.17. The van der Waals surface area contributed by atoms with Crippen LogP contribution >= 0.6 is 11.3 Å². The van der Waals surface area contributed by atoms with Crippen LogP contribution in [0.5, 0.6) is 0 Å². The van der Waals surface area contributed by atoms with Crippen molar-refractivity contribution < 1.29 is 4.79 Å². The summed E-state index contributed by atoms with van der Waals surface area (Å²) in [5.41, 5.74) is 2.62. The number of aromatic nitrogens is 4. The molecule has 6 nitrogen and oxygen atoms in total. The lowest BCUT2D eigenvalue weighted by Crippen LogP contribution is -2.32. The third-order valence-corrected chi connectivity index (χ3v) is 4.44. The highest BCUT2D eigenvalue weighted by atomic mass is 32.1. The molecule has 0 aliphatic heterocycles. The molecular formula is C16H19N5OS. The van der Waals surface area contributed by atoms with Crippen LogP contribution in [0.3, 0.4) is 0 Å². The van der Waals surface area contributed by atoms with Gasteiger partial charge in [0.05, 0.1) is 11.3 Å². The van der Waals surface area contributed by atoms with Gasteiger partial charge in [0.25, 0.3) is 5.78 Å². The fraction of sp³-hybridized carbons (Fsp3) is 0.375. The monoisotopic (exact) mass is 329 g/mol. The number of nitrogens with one attached hydrogen (secondary N) is 1. The lowest BCUT2D eigenvalue weighted by Gasteiger charge is -2.12. The predicted octanol–water partition coefficient (Wildman–Crippen LogP) is 2.54. The van der Waals surface area contributed by atoms with Gasteiger partial charge in [0.15, 0.2) is 5.82 Å². The summed E-state index contributed by atoms with van der Waals surface area (Å²) >= 11 is 1.59. The fourth-order valence-electron chi connectivity index (χ4n) is 2.51. The van der Waals surface area contributed by atoms with Crippen molar-refractivity contribution in [3.8, 4) is 10.7 Å². The van der Waals surface area contributed by atoms with Gasteiger partial charge >= 0.3 is 0 Å². The zero-order chi connectivity index (χ0) is 16.6. The van der Waals surface area contributed by atoms with E-state index in [0.717, 1.165) is 21.8 Å². The average molecular weight is 329 g/mol. The van der Waals surface area contributed by atoms with E-state index in [2.05, 4.69) is 20.4 Å². The number of amides is 1. The van der Waals surface area contributed by atoms with Crippen molar-refractivity contribution in [3.63, 3.8) is 0 Å². The molecule has 0 bridgehead atoms. The van der Waals surface area contributed by atoms with Crippen LogP contribution in [0, 0.1) is 13.8 Å². The summed E-state index contributed by atoms with van der Waals surface area (Å²) in [5.74, 6) is 1.22. The standard InChI is InChI=1S/C16H19N5OS/c1-9(2)17-14(22)8-12-10(3)18-16-19-15(13-6-5-7-23-13)20-21(16)11(12)4/h5-7,9H,8H2,1-4H3,(H,17,22). The first-order valence-corrected chi connectivity index (χ1v) is 8.39. The van der Waals surface area contributed by atoms with Crippen molar-refractivity contribution >= 4 is 23.0 Å². The van der Waals surface area contributed by atoms with Crippen molar-refractivity contribution in [2.75, 3.05) is 0 Å². The first kappa shape index (κ1) is 15.6. The molecule has 0 spiro atoms. The van der Waals surface area contributed by atoms with Crippen LogP contribution in [0.25, 0.3) is 16.5 Å². The zero-order valence-corrected chi connectivity index (χ0v) is 14.4. The summed E-state index contributed by atoms with van der Waals surface area (Å²) in [5, 5.41) is 9.45. The van der Waals surface area contributed by atoms with Gasteiger partial charge < -0.3 is 5.32 Å². The topological polar surface area (TPSA) is 72.2 Å². The molecule has 23 heavy (non-hydrogen) atoms. The summed E-state index contributed by atoms with van der Waals surface area (Å²) < 4.78 is 1.72. The van der Waals surface area contributed by atoms with Crippen molar-refractivity contribution in [1.29, 1.82) is 0 Å². The van der Waals surface area contributed by atoms with Crippen molar-refractivity contribution in [2.45, 2.75) is 40.2 Å². The molecule has 1 N–H and O–H groups in total. The normalized spacial score (nSPS) is 11.3. The van der Waals surface area contributed by atoms with Crippen LogP contribution < -0.4 is 5.32 Å². The van der Waals surface area contributed by atoms with E-state index in [9.17, 15) is 4.79 Å². The van der Waals surface area contributed by atoms with E-state index in [1.54, 1.807) is 15.9 Å². The molecule has 0 radical (unpaired) electrons. The number of aryl methyl sites for hydroxylation is 2. The lowest BCUT2D eigenvalue weighted by molar-refractivity contribution is -0.120. The third-order valence-electron chi connectivity index (χ3n) is 3.58. The van der Waals surface area contributed by atoms with E-state index >= 15 is 0 Å². The fourth-order valence-corrected chi connectivity index (χ4v) is 3.16. The van der Waals surface area contributed by atoms with Crippen LogP contribution in [0.2, 0.25) is 0 Å². The number of fused-ring (bicyclic) bond motifs is 1. The largest absolute Gasteiger partial charge is 0.354 e. The van der Waals surface area contributed by atoms with Gasteiger partial charge in [-0.2, -0.15) is 4.98 Å². The minimum absolute atomic E-state index is 0.00838. The van der Waals surface area contributed by atoms with E-state index in [1.165, 1.54) is 0 Å². The molecule has 0 saturated carbocycles. The van der Waals surface area contributed by atoms with E-state index in [1.807, 2.05) is 45.2 Å². The Hall–Kier alpha value is -2.28. The highest BCUT2D eigenvalue weighted by Crippen LogP contribution is 2.23. The number of hydrogen-bond acceptors (Lipinski definition) is 5. The van der Waals surface area contributed by atoms with Crippen LogP contribution in [0.1, 0.15) is 30.8 Å². The van der Waals surface area contributed by atoms with Gasteiger partial charge in [-0.15, -0.1) is 16.4 Å². The van der Waals surface area contributed by atoms with Gasteiger partial charge in [-0.1, -0.05) is 6.07 Å². The van der Waals surface area contributed by atoms with Gasteiger partial charge in [0.1, 0.15) is 0 Å². The van der Waals surface area contributed by atoms with Crippen LogP contribution in [0.4, 0.5) is 0 Å². The number of rotatable bonds is 4. The third kappa shape index (κ3) is 3.10. The lowest BCUT2D eigenvalue weighted by atomic mass is 10.1.